The zero-order valence-electron chi connectivity index (χ0n) is 11.5. The van der Waals surface area contributed by atoms with Gasteiger partial charge in [0.25, 0.3) is 0 Å². The number of aromatic nitrogens is 2. The number of halogens is 1. The molecule has 1 aromatic heterocycles. The van der Waals surface area contributed by atoms with Crippen LogP contribution in [-0.4, -0.2) is 28.4 Å². The number of aryl methyl sites for hydroxylation is 1. The number of rotatable bonds is 3. The molecular formula is C14H22ClN3. The summed E-state index contributed by atoms with van der Waals surface area (Å²) in [4.78, 5) is 11.6. The molecule has 1 aromatic rings. The Kier molecular flexibility index (Phi) is 4.44. The summed E-state index contributed by atoms with van der Waals surface area (Å²) in [6, 6.07) is 2.51. The highest BCUT2D eigenvalue weighted by atomic mass is 35.5. The van der Waals surface area contributed by atoms with E-state index in [1.165, 1.54) is 19.3 Å². The number of hydrogen-bond acceptors (Lipinski definition) is 3. The van der Waals surface area contributed by atoms with E-state index in [0.29, 0.717) is 17.8 Å². The molecule has 0 saturated carbocycles. The molecule has 1 unspecified atom stereocenters. The van der Waals surface area contributed by atoms with Gasteiger partial charge in [-0.15, -0.1) is 11.6 Å². The lowest BCUT2D eigenvalue weighted by atomic mass is 10.0. The summed E-state index contributed by atoms with van der Waals surface area (Å²) < 4.78 is 0. The average molecular weight is 268 g/mol. The van der Waals surface area contributed by atoms with Crippen molar-refractivity contribution in [3.05, 3.63) is 17.6 Å². The first kappa shape index (κ1) is 13.6. The number of hydrogen-bond donors (Lipinski definition) is 0. The van der Waals surface area contributed by atoms with Crippen molar-refractivity contribution < 1.29 is 0 Å². The molecule has 0 N–H and O–H groups in total. The third kappa shape index (κ3) is 2.94. The van der Waals surface area contributed by atoms with E-state index in [1.54, 1.807) is 0 Å². The SMILES string of the molecule is Cc1cc(N2CCCCC2CCl)nc(C(C)C)n1. The van der Waals surface area contributed by atoms with Gasteiger partial charge in [0.15, 0.2) is 0 Å². The van der Waals surface area contributed by atoms with Crippen molar-refractivity contribution in [2.24, 2.45) is 0 Å². The van der Waals surface area contributed by atoms with Gasteiger partial charge < -0.3 is 4.90 Å². The van der Waals surface area contributed by atoms with Crippen LogP contribution < -0.4 is 4.90 Å². The van der Waals surface area contributed by atoms with Gasteiger partial charge in [-0.3, -0.25) is 0 Å². The first-order valence-electron chi connectivity index (χ1n) is 6.80. The van der Waals surface area contributed by atoms with Gasteiger partial charge in [-0.05, 0) is 26.2 Å². The number of nitrogens with zero attached hydrogens (tertiary/aromatic N) is 3. The van der Waals surface area contributed by atoms with Crippen molar-refractivity contribution >= 4 is 17.4 Å². The summed E-state index contributed by atoms with van der Waals surface area (Å²) in [6.45, 7) is 7.36. The summed E-state index contributed by atoms with van der Waals surface area (Å²) in [5, 5.41) is 0. The second-order valence-corrected chi connectivity index (χ2v) is 5.69. The Morgan fingerprint density at radius 3 is 2.83 bits per heavy atom. The van der Waals surface area contributed by atoms with Crippen LogP contribution in [0.1, 0.15) is 50.5 Å². The van der Waals surface area contributed by atoms with Crippen LogP contribution in [0, 0.1) is 6.92 Å². The molecule has 0 spiro atoms. The van der Waals surface area contributed by atoms with Gasteiger partial charge in [-0.25, -0.2) is 9.97 Å². The Morgan fingerprint density at radius 1 is 1.39 bits per heavy atom. The Labute approximate surface area is 115 Å². The fourth-order valence-electron chi connectivity index (χ4n) is 2.44. The predicted molar refractivity (Wildman–Crippen MR) is 76.6 cm³/mol. The molecule has 0 bridgehead atoms. The summed E-state index contributed by atoms with van der Waals surface area (Å²) in [7, 11) is 0. The van der Waals surface area contributed by atoms with Crippen LogP contribution in [0.2, 0.25) is 0 Å². The van der Waals surface area contributed by atoms with Gasteiger partial charge >= 0.3 is 0 Å². The largest absolute Gasteiger partial charge is 0.352 e. The molecule has 2 rings (SSSR count). The van der Waals surface area contributed by atoms with Crippen molar-refractivity contribution in [3.8, 4) is 0 Å². The van der Waals surface area contributed by atoms with Crippen LogP contribution >= 0.6 is 11.6 Å². The van der Waals surface area contributed by atoms with Crippen LogP contribution in [0.4, 0.5) is 5.82 Å². The molecule has 1 aliphatic rings. The van der Waals surface area contributed by atoms with E-state index < -0.39 is 0 Å². The standard InChI is InChI=1S/C14H22ClN3/c1-10(2)14-16-11(3)8-13(17-14)18-7-5-4-6-12(18)9-15/h8,10,12H,4-7,9H2,1-3H3. The van der Waals surface area contributed by atoms with E-state index >= 15 is 0 Å². The molecule has 2 heterocycles. The van der Waals surface area contributed by atoms with Crippen molar-refractivity contribution in [3.63, 3.8) is 0 Å². The first-order valence-corrected chi connectivity index (χ1v) is 7.33. The van der Waals surface area contributed by atoms with E-state index in [4.69, 9.17) is 16.6 Å². The molecule has 1 aliphatic heterocycles. The molecule has 0 amide bonds. The van der Waals surface area contributed by atoms with Crippen LogP contribution in [0.25, 0.3) is 0 Å². The van der Waals surface area contributed by atoms with E-state index in [1.807, 2.05) is 6.92 Å². The monoisotopic (exact) mass is 267 g/mol. The van der Waals surface area contributed by atoms with Crippen LogP contribution in [-0.2, 0) is 0 Å². The van der Waals surface area contributed by atoms with Crippen LogP contribution in [0.15, 0.2) is 6.07 Å². The van der Waals surface area contributed by atoms with Gasteiger partial charge in [-0.1, -0.05) is 13.8 Å². The van der Waals surface area contributed by atoms with Gasteiger partial charge in [-0.2, -0.15) is 0 Å². The molecule has 4 heteroatoms. The number of alkyl halides is 1. The van der Waals surface area contributed by atoms with Gasteiger partial charge in [0.2, 0.25) is 0 Å². The van der Waals surface area contributed by atoms with Crippen molar-refractivity contribution in [2.75, 3.05) is 17.3 Å². The maximum Gasteiger partial charge on any atom is 0.133 e. The maximum atomic E-state index is 6.08. The average Bonchev–Trinajstić information content (AvgIpc) is 2.38. The summed E-state index contributed by atoms with van der Waals surface area (Å²) in [5.41, 5.74) is 1.04. The minimum atomic E-state index is 0.364. The second kappa shape index (κ2) is 5.87. The van der Waals surface area contributed by atoms with Crippen LogP contribution in [0.3, 0.4) is 0 Å². The maximum absolute atomic E-state index is 6.08. The topological polar surface area (TPSA) is 29.0 Å². The van der Waals surface area contributed by atoms with Gasteiger partial charge in [0, 0.05) is 36.1 Å². The second-order valence-electron chi connectivity index (χ2n) is 5.38. The minimum Gasteiger partial charge on any atom is -0.352 e. The zero-order chi connectivity index (χ0) is 13.1. The fourth-order valence-corrected chi connectivity index (χ4v) is 2.76. The Balaban J connectivity index is 2.30. The third-order valence-corrected chi connectivity index (χ3v) is 3.83. The Bertz CT molecular complexity index is 406. The lowest BCUT2D eigenvalue weighted by Gasteiger charge is -2.35. The number of anilines is 1. The molecule has 0 radical (unpaired) electrons. The van der Waals surface area contributed by atoms with Gasteiger partial charge in [0.1, 0.15) is 11.6 Å². The molecule has 1 fully saturated rings. The fraction of sp³-hybridized carbons (Fsp3) is 0.714. The summed E-state index contributed by atoms with van der Waals surface area (Å²) in [5.74, 6) is 3.03. The van der Waals surface area contributed by atoms with Crippen molar-refractivity contribution in [1.29, 1.82) is 0 Å². The highest BCUT2D eigenvalue weighted by Crippen LogP contribution is 2.25. The van der Waals surface area contributed by atoms with E-state index in [-0.39, 0.29) is 0 Å². The van der Waals surface area contributed by atoms with E-state index in [0.717, 1.165) is 23.9 Å². The van der Waals surface area contributed by atoms with Crippen molar-refractivity contribution in [1.82, 2.24) is 9.97 Å². The lowest BCUT2D eigenvalue weighted by Crippen LogP contribution is -2.41. The quantitative estimate of drug-likeness (QED) is 0.785. The molecule has 1 saturated heterocycles. The first-order chi connectivity index (χ1) is 8.61. The zero-order valence-corrected chi connectivity index (χ0v) is 12.2. The summed E-state index contributed by atoms with van der Waals surface area (Å²) >= 11 is 6.08. The third-order valence-electron chi connectivity index (χ3n) is 3.47. The molecule has 3 nitrogen and oxygen atoms in total. The number of piperidine rings is 1. The Morgan fingerprint density at radius 2 is 2.17 bits per heavy atom. The smallest absolute Gasteiger partial charge is 0.133 e. The van der Waals surface area contributed by atoms with E-state index in [9.17, 15) is 0 Å². The van der Waals surface area contributed by atoms with Crippen LogP contribution in [0.5, 0.6) is 0 Å². The normalized spacial score (nSPS) is 20.5. The van der Waals surface area contributed by atoms with Gasteiger partial charge in [0.05, 0.1) is 0 Å². The molecular weight excluding hydrogens is 246 g/mol. The summed E-state index contributed by atoms with van der Waals surface area (Å²) in [6.07, 6.45) is 3.67. The molecule has 0 aromatic carbocycles. The minimum absolute atomic E-state index is 0.364. The molecule has 1 atom stereocenters. The molecule has 100 valence electrons. The van der Waals surface area contributed by atoms with Crippen molar-refractivity contribution in [2.45, 2.75) is 52.0 Å². The lowest BCUT2D eigenvalue weighted by molar-refractivity contribution is 0.483. The Hall–Kier alpha value is -0.830. The molecule has 0 aliphatic carbocycles. The highest BCUT2D eigenvalue weighted by Gasteiger charge is 2.23. The van der Waals surface area contributed by atoms with E-state index in [2.05, 4.69) is 29.8 Å². The highest BCUT2D eigenvalue weighted by molar-refractivity contribution is 6.18. The molecule has 18 heavy (non-hydrogen) atoms. The predicted octanol–water partition coefficient (Wildman–Crippen LogP) is 3.51.